The van der Waals surface area contributed by atoms with Gasteiger partial charge in [-0.05, 0) is 38.0 Å². The van der Waals surface area contributed by atoms with Gasteiger partial charge in [0.2, 0.25) is 0 Å². The van der Waals surface area contributed by atoms with Crippen LogP contribution in [-0.2, 0) is 7.05 Å². The van der Waals surface area contributed by atoms with Crippen molar-refractivity contribution in [3.05, 3.63) is 41.5 Å². The second-order valence-electron chi connectivity index (χ2n) is 6.80. The molecule has 2 aliphatic rings. The molecular formula is C19H23N3O3. The molecule has 132 valence electrons. The summed E-state index contributed by atoms with van der Waals surface area (Å²) in [4.78, 5) is 19.5. The Balaban J connectivity index is 1.53. The number of hydrogen-bond acceptors (Lipinski definition) is 4. The molecule has 1 fully saturated rings. The van der Waals surface area contributed by atoms with Crippen molar-refractivity contribution >= 4 is 5.91 Å². The number of fused-ring (bicyclic) bond motifs is 1. The van der Waals surface area contributed by atoms with Crippen molar-refractivity contribution in [1.29, 1.82) is 0 Å². The van der Waals surface area contributed by atoms with Crippen LogP contribution < -0.4 is 9.47 Å². The van der Waals surface area contributed by atoms with E-state index in [-0.39, 0.29) is 11.8 Å². The summed E-state index contributed by atoms with van der Waals surface area (Å²) >= 11 is 0. The third-order valence-corrected chi connectivity index (χ3v) is 4.90. The van der Waals surface area contributed by atoms with Crippen LogP contribution in [0, 0.1) is 6.92 Å². The van der Waals surface area contributed by atoms with E-state index in [0.717, 1.165) is 30.9 Å². The summed E-state index contributed by atoms with van der Waals surface area (Å²) < 4.78 is 13.2. The minimum atomic E-state index is 0.0487. The van der Waals surface area contributed by atoms with E-state index in [4.69, 9.17) is 9.47 Å². The van der Waals surface area contributed by atoms with Gasteiger partial charge >= 0.3 is 0 Å². The van der Waals surface area contributed by atoms with Gasteiger partial charge in [-0.3, -0.25) is 4.79 Å². The smallest absolute Gasteiger partial charge is 0.254 e. The molecule has 1 saturated heterocycles. The van der Waals surface area contributed by atoms with E-state index in [2.05, 4.69) is 9.55 Å². The molecule has 2 aromatic rings. The van der Waals surface area contributed by atoms with Crippen molar-refractivity contribution in [3.8, 4) is 11.5 Å². The first-order chi connectivity index (χ1) is 12.1. The molecule has 0 spiro atoms. The van der Waals surface area contributed by atoms with Gasteiger partial charge in [-0.25, -0.2) is 4.98 Å². The Hall–Kier alpha value is -2.50. The van der Waals surface area contributed by atoms with E-state index in [1.807, 2.05) is 37.2 Å². The van der Waals surface area contributed by atoms with Crippen molar-refractivity contribution in [2.75, 3.05) is 26.3 Å². The molecule has 0 unspecified atom stereocenters. The Morgan fingerprint density at radius 3 is 2.80 bits per heavy atom. The number of rotatable bonds is 2. The first kappa shape index (κ1) is 16.0. The van der Waals surface area contributed by atoms with Gasteiger partial charge in [-0.15, -0.1) is 0 Å². The number of likely N-dealkylation sites (tertiary alicyclic amines) is 1. The van der Waals surface area contributed by atoms with Gasteiger partial charge in [0.1, 0.15) is 19.0 Å². The van der Waals surface area contributed by atoms with E-state index in [1.165, 1.54) is 0 Å². The molecule has 1 aromatic carbocycles. The third kappa shape index (κ3) is 3.08. The molecule has 1 atom stereocenters. The van der Waals surface area contributed by atoms with Crippen molar-refractivity contribution < 1.29 is 14.3 Å². The van der Waals surface area contributed by atoms with Crippen LogP contribution in [0.1, 0.15) is 40.6 Å². The van der Waals surface area contributed by atoms with Gasteiger partial charge in [-0.1, -0.05) is 0 Å². The van der Waals surface area contributed by atoms with Crippen LogP contribution in [0.5, 0.6) is 11.5 Å². The molecule has 1 aromatic heterocycles. The van der Waals surface area contributed by atoms with Crippen molar-refractivity contribution in [2.24, 2.45) is 7.05 Å². The lowest BCUT2D eigenvalue weighted by Crippen LogP contribution is -2.39. The molecule has 4 rings (SSSR count). The average Bonchev–Trinajstić information content (AvgIpc) is 2.99. The maximum atomic E-state index is 13.0. The highest BCUT2D eigenvalue weighted by Gasteiger charge is 2.28. The zero-order valence-electron chi connectivity index (χ0n) is 14.7. The molecule has 6 heteroatoms. The lowest BCUT2D eigenvalue weighted by molar-refractivity contribution is 0.0702. The largest absolute Gasteiger partial charge is 0.486 e. The summed E-state index contributed by atoms with van der Waals surface area (Å²) in [7, 11) is 2.02. The number of imidazole rings is 1. The quantitative estimate of drug-likeness (QED) is 0.842. The number of piperidine rings is 1. The Morgan fingerprint density at radius 2 is 2.04 bits per heavy atom. The fraction of sp³-hybridized carbons (Fsp3) is 0.474. The highest BCUT2D eigenvalue weighted by atomic mass is 16.6. The zero-order chi connectivity index (χ0) is 17.4. The van der Waals surface area contributed by atoms with E-state index >= 15 is 0 Å². The number of benzene rings is 1. The monoisotopic (exact) mass is 341 g/mol. The van der Waals surface area contributed by atoms with Gasteiger partial charge in [0.15, 0.2) is 11.5 Å². The number of carbonyl (C=O) groups excluding carboxylic acids is 1. The van der Waals surface area contributed by atoms with Crippen LogP contribution >= 0.6 is 0 Å². The zero-order valence-corrected chi connectivity index (χ0v) is 14.7. The first-order valence-electron chi connectivity index (χ1n) is 8.80. The summed E-state index contributed by atoms with van der Waals surface area (Å²) in [6, 6.07) is 5.45. The molecular weight excluding hydrogens is 318 g/mol. The average molecular weight is 341 g/mol. The molecule has 0 saturated carbocycles. The Labute approximate surface area is 147 Å². The van der Waals surface area contributed by atoms with Crippen molar-refractivity contribution in [2.45, 2.75) is 25.7 Å². The van der Waals surface area contributed by atoms with Gasteiger partial charge in [-0.2, -0.15) is 0 Å². The van der Waals surface area contributed by atoms with E-state index < -0.39 is 0 Å². The predicted molar refractivity (Wildman–Crippen MR) is 93.3 cm³/mol. The van der Waals surface area contributed by atoms with Gasteiger partial charge in [0.25, 0.3) is 5.91 Å². The molecule has 0 bridgehead atoms. The van der Waals surface area contributed by atoms with Crippen molar-refractivity contribution in [1.82, 2.24) is 14.5 Å². The van der Waals surface area contributed by atoms with E-state index in [0.29, 0.717) is 36.8 Å². The molecule has 25 heavy (non-hydrogen) atoms. The molecule has 0 N–H and O–H groups in total. The van der Waals surface area contributed by atoms with Crippen LogP contribution in [0.25, 0.3) is 0 Å². The van der Waals surface area contributed by atoms with E-state index in [9.17, 15) is 4.79 Å². The number of amides is 1. The minimum Gasteiger partial charge on any atom is -0.486 e. The Morgan fingerprint density at radius 1 is 1.24 bits per heavy atom. The van der Waals surface area contributed by atoms with Gasteiger partial charge in [0, 0.05) is 37.8 Å². The number of nitrogens with zero attached hydrogens (tertiary/aromatic N) is 3. The number of ether oxygens (including phenoxy) is 2. The van der Waals surface area contributed by atoms with Gasteiger partial charge < -0.3 is 18.9 Å². The minimum absolute atomic E-state index is 0.0487. The van der Waals surface area contributed by atoms with Gasteiger partial charge in [0.05, 0.1) is 5.69 Å². The van der Waals surface area contributed by atoms with Crippen LogP contribution in [0.15, 0.2) is 24.4 Å². The molecule has 0 radical (unpaired) electrons. The molecule has 2 aliphatic heterocycles. The summed E-state index contributed by atoms with van der Waals surface area (Å²) in [5, 5.41) is 0. The Bertz CT molecular complexity index is 799. The molecule has 1 amide bonds. The van der Waals surface area contributed by atoms with Crippen LogP contribution in [0.3, 0.4) is 0 Å². The van der Waals surface area contributed by atoms with Crippen LogP contribution in [-0.4, -0.2) is 46.7 Å². The number of hydrogen-bond donors (Lipinski definition) is 0. The van der Waals surface area contributed by atoms with Crippen molar-refractivity contribution in [3.63, 3.8) is 0 Å². The SMILES string of the molecule is Cc1cn(C)c([C@@H]2CCCN(C(=O)c3ccc4c(c3)OCCO4)C2)n1. The van der Waals surface area contributed by atoms with Crippen LogP contribution in [0.2, 0.25) is 0 Å². The summed E-state index contributed by atoms with van der Waals surface area (Å²) in [6.07, 6.45) is 4.10. The highest BCUT2D eigenvalue weighted by molar-refractivity contribution is 5.95. The molecule has 3 heterocycles. The summed E-state index contributed by atoms with van der Waals surface area (Å²) in [6.45, 7) is 4.57. The van der Waals surface area contributed by atoms with E-state index in [1.54, 1.807) is 6.07 Å². The topological polar surface area (TPSA) is 56.6 Å². The molecule has 6 nitrogen and oxygen atoms in total. The Kier molecular flexibility index (Phi) is 4.11. The summed E-state index contributed by atoms with van der Waals surface area (Å²) in [5.74, 6) is 2.77. The maximum absolute atomic E-state index is 13.0. The first-order valence-corrected chi connectivity index (χ1v) is 8.80. The number of aromatic nitrogens is 2. The fourth-order valence-corrected chi connectivity index (χ4v) is 3.75. The number of carbonyl (C=O) groups is 1. The second-order valence-corrected chi connectivity index (χ2v) is 6.80. The predicted octanol–water partition coefficient (Wildman–Crippen LogP) is 2.52. The standard InChI is InChI=1S/C19H23N3O3/c1-13-11-21(2)18(20-13)15-4-3-7-22(12-15)19(23)14-5-6-16-17(10-14)25-9-8-24-16/h5-6,10-11,15H,3-4,7-9,12H2,1-2H3/t15-/m1/s1. The second kappa shape index (κ2) is 6.43. The third-order valence-electron chi connectivity index (χ3n) is 4.90. The lowest BCUT2D eigenvalue weighted by Gasteiger charge is -2.32. The number of aryl methyl sites for hydroxylation is 2. The van der Waals surface area contributed by atoms with Crippen LogP contribution in [0.4, 0.5) is 0 Å². The summed E-state index contributed by atoms with van der Waals surface area (Å²) in [5.41, 5.74) is 1.67. The fourth-order valence-electron chi connectivity index (χ4n) is 3.75. The normalized spacial score (nSPS) is 19.8. The molecule has 0 aliphatic carbocycles. The highest BCUT2D eigenvalue weighted by Crippen LogP contribution is 2.32. The lowest BCUT2D eigenvalue weighted by atomic mass is 9.96. The maximum Gasteiger partial charge on any atom is 0.254 e.